The van der Waals surface area contributed by atoms with E-state index in [2.05, 4.69) is 30.7 Å². The fraction of sp³-hybridized carbons (Fsp3) is 0.684. The first kappa shape index (κ1) is 14.2. The average Bonchev–Trinajstić information content (AvgIpc) is 3.08. The second kappa shape index (κ2) is 4.47. The summed E-state index contributed by atoms with van der Waals surface area (Å²) in [5.41, 5.74) is 2.46. The number of fused-ring (bicyclic) bond motifs is 5. The zero-order valence-corrected chi connectivity index (χ0v) is 15.2. The molecule has 0 amide bonds. The van der Waals surface area contributed by atoms with Crippen LogP contribution in [0.1, 0.15) is 56.9 Å². The topological polar surface area (TPSA) is 29.0 Å². The van der Waals surface area contributed by atoms with Crippen molar-refractivity contribution in [3.8, 4) is 0 Å². The van der Waals surface area contributed by atoms with E-state index in [0.717, 1.165) is 6.54 Å². The highest BCUT2D eigenvalue weighted by Crippen LogP contribution is 2.54. The maximum absolute atomic E-state index is 4.80. The molecular weight excluding hydrogens is 302 g/mol. The van der Waals surface area contributed by atoms with Crippen LogP contribution in [0.3, 0.4) is 0 Å². The van der Waals surface area contributed by atoms with Gasteiger partial charge in [-0.3, -0.25) is 0 Å². The van der Waals surface area contributed by atoms with Crippen LogP contribution in [-0.4, -0.2) is 22.6 Å². The number of hydrogen-bond donors (Lipinski definition) is 0. The van der Waals surface area contributed by atoms with Crippen LogP contribution in [0.15, 0.2) is 6.33 Å². The second-order valence-electron chi connectivity index (χ2n) is 9.08. The molecule has 3 nitrogen and oxygen atoms in total. The second-order valence-corrected chi connectivity index (χ2v) is 10.2. The molecule has 2 unspecified atom stereocenters. The van der Waals surface area contributed by atoms with Gasteiger partial charge in [0.05, 0.1) is 5.39 Å². The van der Waals surface area contributed by atoms with E-state index in [1.807, 2.05) is 11.3 Å². The molecule has 4 heteroatoms. The summed E-state index contributed by atoms with van der Waals surface area (Å²) in [6.07, 6.45) is 9.51. The maximum atomic E-state index is 4.80. The van der Waals surface area contributed by atoms with E-state index < -0.39 is 0 Å². The van der Waals surface area contributed by atoms with E-state index in [1.165, 1.54) is 54.6 Å². The van der Waals surface area contributed by atoms with Gasteiger partial charge >= 0.3 is 0 Å². The molecular formula is C19H25N3S. The molecule has 2 atom stereocenters. The third kappa shape index (κ3) is 2.07. The molecule has 5 rings (SSSR count). The van der Waals surface area contributed by atoms with Gasteiger partial charge in [0.15, 0.2) is 0 Å². The first-order valence-corrected chi connectivity index (χ1v) is 9.78. The molecule has 1 saturated carbocycles. The number of anilines is 1. The van der Waals surface area contributed by atoms with Gasteiger partial charge in [-0.2, -0.15) is 0 Å². The summed E-state index contributed by atoms with van der Waals surface area (Å²) in [7, 11) is 0. The monoisotopic (exact) mass is 327 g/mol. The third-order valence-electron chi connectivity index (χ3n) is 6.17. The van der Waals surface area contributed by atoms with E-state index in [0.29, 0.717) is 16.9 Å². The molecule has 0 N–H and O–H groups in total. The van der Waals surface area contributed by atoms with Gasteiger partial charge in [0.25, 0.3) is 0 Å². The lowest BCUT2D eigenvalue weighted by molar-refractivity contribution is 0.136. The fourth-order valence-corrected chi connectivity index (χ4v) is 7.06. The summed E-state index contributed by atoms with van der Waals surface area (Å²) >= 11 is 1.91. The van der Waals surface area contributed by atoms with Crippen LogP contribution < -0.4 is 4.90 Å². The van der Waals surface area contributed by atoms with E-state index in [-0.39, 0.29) is 0 Å². The molecule has 1 saturated heterocycles. The molecule has 2 aliphatic carbocycles. The SMILES string of the molecule is CC1(C)CC2CC(C)(CN2c2ncnc3sc4c(c23)CCC4)C1. The van der Waals surface area contributed by atoms with Crippen molar-refractivity contribution in [3.05, 3.63) is 16.8 Å². The lowest BCUT2D eigenvalue weighted by Crippen LogP contribution is -2.35. The van der Waals surface area contributed by atoms with Gasteiger partial charge in [-0.15, -0.1) is 11.3 Å². The van der Waals surface area contributed by atoms with Crippen molar-refractivity contribution in [2.45, 2.75) is 65.3 Å². The molecule has 0 radical (unpaired) electrons. The highest BCUT2D eigenvalue weighted by atomic mass is 32.1. The average molecular weight is 327 g/mol. The molecule has 0 aromatic carbocycles. The van der Waals surface area contributed by atoms with Gasteiger partial charge in [0.2, 0.25) is 0 Å². The van der Waals surface area contributed by atoms with Crippen LogP contribution in [0.5, 0.6) is 0 Å². The zero-order chi connectivity index (χ0) is 15.8. The Bertz CT molecular complexity index is 793. The Kier molecular flexibility index (Phi) is 2.76. The molecule has 2 aromatic heterocycles. The van der Waals surface area contributed by atoms with E-state index >= 15 is 0 Å². The normalized spacial score (nSPS) is 31.8. The molecule has 3 heterocycles. The van der Waals surface area contributed by atoms with Crippen LogP contribution in [0.25, 0.3) is 10.2 Å². The first-order chi connectivity index (χ1) is 10.9. The van der Waals surface area contributed by atoms with Gasteiger partial charge < -0.3 is 4.90 Å². The predicted molar refractivity (Wildman–Crippen MR) is 96.3 cm³/mol. The molecule has 2 aromatic rings. The summed E-state index contributed by atoms with van der Waals surface area (Å²) in [6, 6.07) is 0.652. The Morgan fingerprint density at radius 1 is 1.17 bits per heavy atom. The number of rotatable bonds is 1. The fourth-order valence-electron chi connectivity index (χ4n) is 5.84. The summed E-state index contributed by atoms with van der Waals surface area (Å²) in [5, 5.41) is 1.39. The molecule has 3 aliphatic rings. The van der Waals surface area contributed by atoms with Gasteiger partial charge in [-0.1, -0.05) is 20.8 Å². The number of hydrogen-bond acceptors (Lipinski definition) is 4. The molecule has 0 spiro atoms. The van der Waals surface area contributed by atoms with Crippen LogP contribution in [0.2, 0.25) is 0 Å². The van der Waals surface area contributed by atoms with Gasteiger partial charge in [-0.25, -0.2) is 9.97 Å². The lowest BCUT2D eigenvalue weighted by atomic mass is 9.65. The Labute approximate surface area is 142 Å². The number of aryl methyl sites for hydroxylation is 2. The van der Waals surface area contributed by atoms with E-state index in [4.69, 9.17) is 4.98 Å². The van der Waals surface area contributed by atoms with Crippen LogP contribution in [0.4, 0.5) is 5.82 Å². The first-order valence-electron chi connectivity index (χ1n) is 8.96. The minimum absolute atomic E-state index is 0.447. The predicted octanol–water partition coefficient (Wildman–Crippen LogP) is 4.59. The largest absolute Gasteiger partial charge is 0.352 e. The van der Waals surface area contributed by atoms with Crippen molar-refractivity contribution < 1.29 is 0 Å². The summed E-state index contributed by atoms with van der Waals surface area (Å²) in [4.78, 5) is 14.8. The Morgan fingerprint density at radius 2 is 2.04 bits per heavy atom. The van der Waals surface area contributed by atoms with Gasteiger partial charge in [0.1, 0.15) is 17.0 Å². The standard InChI is InChI=1S/C19H25N3S/c1-18(2)7-12-8-19(3,9-18)10-22(12)16-15-13-5-4-6-14(13)23-17(15)21-11-20-16/h11-12H,4-10H2,1-3H3. The summed E-state index contributed by atoms with van der Waals surface area (Å²) in [5.74, 6) is 1.24. The van der Waals surface area contributed by atoms with E-state index in [1.54, 1.807) is 16.8 Å². The number of nitrogens with zero attached hydrogens (tertiary/aromatic N) is 3. The Hall–Kier alpha value is -1.16. The highest BCUT2D eigenvalue weighted by Gasteiger charge is 2.50. The van der Waals surface area contributed by atoms with Crippen molar-refractivity contribution in [2.75, 3.05) is 11.4 Å². The quantitative estimate of drug-likeness (QED) is 0.767. The van der Waals surface area contributed by atoms with Gasteiger partial charge in [-0.05, 0) is 54.9 Å². The minimum Gasteiger partial charge on any atom is -0.352 e. The van der Waals surface area contributed by atoms with Crippen molar-refractivity contribution >= 4 is 27.4 Å². The molecule has 2 fully saturated rings. The van der Waals surface area contributed by atoms with E-state index in [9.17, 15) is 0 Å². The molecule has 122 valence electrons. The number of aromatic nitrogens is 2. The lowest BCUT2D eigenvalue weighted by Gasteiger charge is -2.39. The minimum atomic E-state index is 0.447. The molecule has 1 aliphatic heterocycles. The Morgan fingerprint density at radius 3 is 2.91 bits per heavy atom. The van der Waals surface area contributed by atoms with Gasteiger partial charge in [0, 0.05) is 17.5 Å². The molecule has 23 heavy (non-hydrogen) atoms. The summed E-state index contributed by atoms with van der Waals surface area (Å²) < 4.78 is 0. The Balaban J connectivity index is 1.64. The van der Waals surface area contributed by atoms with Crippen molar-refractivity contribution in [3.63, 3.8) is 0 Å². The third-order valence-corrected chi connectivity index (χ3v) is 7.37. The van der Waals surface area contributed by atoms with Crippen molar-refractivity contribution in [1.82, 2.24) is 9.97 Å². The smallest absolute Gasteiger partial charge is 0.141 e. The molecule has 2 bridgehead atoms. The van der Waals surface area contributed by atoms with Crippen molar-refractivity contribution in [2.24, 2.45) is 10.8 Å². The highest BCUT2D eigenvalue weighted by molar-refractivity contribution is 7.19. The number of thiophene rings is 1. The van der Waals surface area contributed by atoms with Crippen molar-refractivity contribution in [1.29, 1.82) is 0 Å². The zero-order valence-electron chi connectivity index (χ0n) is 14.4. The van der Waals surface area contributed by atoms with Crippen LogP contribution in [-0.2, 0) is 12.8 Å². The van der Waals surface area contributed by atoms with Crippen LogP contribution >= 0.6 is 11.3 Å². The van der Waals surface area contributed by atoms with Crippen LogP contribution in [0, 0.1) is 10.8 Å². The maximum Gasteiger partial charge on any atom is 0.141 e. The summed E-state index contributed by atoms with van der Waals surface area (Å²) in [6.45, 7) is 8.53.